The number of aromatic carboxylic acids is 1. The van der Waals surface area contributed by atoms with Crippen molar-refractivity contribution in [3.8, 4) is 0 Å². The Morgan fingerprint density at radius 3 is 2.56 bits per heavy atom. The van der Waals surface area contributed by atoms with Crippen molar-refractivity contribution in [1.82, 2.24) is 0 Å². The van der Waals surface area contributed by atoms with Crippen LogP contribution in [0.5, 0.6) is 0 Å². The van der Waals surface area contributed by atoms with Crippen LogP contribution in [-0.4, -0.2) is 16.2 Å². The van der Waals surface area contributed by atoms with Crippen molar-refractivity contribution in [1.29, 1.82) is 0 Å². The number of hydrogen-bond acceptors (Lipinski definition) is 3. The molecule has 0 amide bonds. The molecule has 4 heteroatoms. The van der Waals surface area contributed by atoms with Crippen molar-refractivity contribution in [2.45, 2.75) is 45.6 Å². The van der Waals surface area contributed by atoms with Gasteiger partial charge >= 0.3 is 5.97 Å². The minimum absolute atomic E-state index is 0.0304. The summed E-state index contributed by atoms with van der Waals surface area (Å²) in [6, 6.07) is 2.99. The minimum Gasteiger partial charge on any atom is -0.475 e. The van der Waals surface area contributed by atoms with E-state index in [2.05, 4.69) is 20.8 Å². The first-order valence-electron chi connectivity index (χ1n) is 6.28. The molecule has 0 saturated heterocycles. The zero-order valence-electron chi connectivity index (χ0n) is 11.1. The molecular weight excluding hydrogens is 232 g/mol. The third-order valence-electron chi connectivity index (χ3n) is 3.63. The Hall–Kier alpha value is -1.29. The summed E-state index contributed by atoms with van der Waals surface area (Å²) in [6.45, 7) is 6.34. The molecule has 0 aromatic carbocycles. The zero-order chi connectivity index (χ0) is 13.6. The third-order valence-corrected chi connectivity index (χ3v) is 3.63. The SMILES string of the molecule is CC1CC(C)(C)CC(O)(c2ccc(C(=O)O)o2)C1. The second kappa shape index (κ2) is 4.12. The van der Waals surface area contributed by atoms with E-state index in [-0.39, 0.29) is 11.2 Å². The Kier molecular flexibility index (Phi) is 3.01. The van der Waals surface area contributed by atoms with Crippen LogP contribution in [0.1, 0.15) is 56.3 Å². The summed E-state index contributed by atoms with van der Waals surface area (Å²) in [5, 5.41) is 19.6. The lowest BCUT2D eigenvalue weighted by Gasteiger charge is -2.43. The molecule has 18 heavy (non-hydrogen) atoms. The molecule has 0 radical (unpaired) electrons. The number of furan rings is 1. The van der Waals surface area contributed by atoms with Gasteiger partial charge in [0.25, 0.3) is 0 Å². The Morgan fingerprint density at radius 2 is 2.06 bits per heavy atom. The highest BCUT2D eigenvalue weighted by molar-refractivity contribution is 5.84. The molecule has 1 heterocycles. The van der Waals surface area contributed by atoms with Gasteiger partial charge in [-0.3, -0.25) is 0 Å². The summed E-state index contributed by atoms with van der Waals surface area (Å²) >= 11 is 0. The average Bonchev–Trinajstić information content (AvgIpc) is 2.61. The third kappa shape index (κ3) is 2.43. The quantitative estimate of drug-likeness (QED) is 0.848. The second-order valence-corrected chi connectivity index (χ2v) is 6.36. The zero-order valence-corrected chi connectivity index (χ0v) is 11.1. The maximum Gasteiger partial charge on any atom is 0.371 e. The lowest BCUT2D eigenvalue weighted by atomic mass is 9.65. The van der Waals surface area contributed by atoms with Gasteiger partial charge in [0.15, 0.2) is 0 Å². The molecule has 1 aromatic heterocycles. The number of aliphatic hydroxyl groups is 1. The molecule has 1 aliphatic rings. The predicted molar refractivity (Wildman–Crippen MR) is 66.4 cm³/mol. The van der Waals surface area contributed by atoms with Crippen molar-refractivity contribution >= 4 is 5.97 Å². The van der Waals surface area contributed by atoms with Crippen LogP contribution < -0.4 is 0 Å². The van der Waals surface area contributed by atoms with Crippen LogP contribution in [0.4, 0.5) is 0 Å². The van der Waals surface area contributed by atoms with E-state index in [1.165, 1.54) is 6.07 Å². The molecule has 0 spiro atoms. The number of hydrogen-bond donors (Lipinski definition) is 2. The normalized spacial score (nSPS) is 31.2. The molecular formula is C14H20O4. The van der Waals surface area contributed by atoms with Gasteiger partial charge in [0, 0.05) is 0 Å². The molecule has 2 atom stereocenters. The van der Waals surface area contributed by atoms with Crippen molar-refractivity contribution in [2.75, 3.05) is 0 Å². The predicted octanol–water partition coefficient (Wildman–Crippen LogP) is 3.01. The standard InChI is InChI=1S/C14H20O4/c1-9-6-13(2,3)8-14(17,7-9)11-5-4-10(18-11)12(15)16/h4-5,9,17H,6-8H2,1-3H3,(H,15,16). The van der Waals surface area contributed by atoms with E-state index in [9.17, 15) is 9.90 Å². The summed E-state index contributed by atoms with van der Waals surface area (Å²) in [5.74, 6) is -0.459. The maximum atomic E-state index is 10.8. The molecule has 1 aliphatic carbocycles. The molecule has 2 unspecified atom stereocenters. The van der Waals surface area contributed by atoms with Gasteiger partial charge in [0.05, 0.1) is 0 Å². The Balaban J connectivity index is 2.31. The van der Waals surface area contributed by atoms with Gasteiger partial charge in [-0.2, -0.15) is 0 Å². The lowest BCUT2D eigenvalue weighted by Crippen LogP contribution is -2.39. The summed E-state index contributed by atoms with van der Waals surface area (Å²) in [6.07, 6.45) is 2.27. The fraction of sp³-hybridized carbons (Fsp3) is 0.643. The minimum atomic E-state index is -1.10. The van der Waals surface area contributed by atoms with Crippen molar-refractivity contribution in [2.24, 2.45) is 11.3 Å². The van der Waals surface area contributed by atoms with Gasteiger partial charge < -0.3 is 14.6 Å². The monoisotopic (exact) mass is 252 g/mol. The van der Waals surface area contributed by atoms with E-state index in [1.54, 1.807) is 6.07 Å². The molecule has 0 aliphatic heterocycles. The molecule has 2 N–H and O–H groups in total. The highest BCUT2D eigenvalue weighted by Crippen LogP contribution is 2.48. The van der Waals surface area contributed by atoms with E-state index < -0.39 is 11.6 Å². The first-order valence-corrected chi connectivity index (χ1v) is 6.28. The summed E-state index contributed by atoms with van der Waals surface area (Å²) in [5.41, 5.74) is -1.02. The smallest absolute Gasteiger partial charge is 0.371 e. The summed E-state index contributed by atoms with van der Waals surface area (Å²) in [7, 11) is 0. The number of rotatable bonds is 2. The van der Waals surface area contributed by atoms with E-state index in [4.69, 9.17) is 9.52 Å². The Morgan fingerprint density at radius 1 is 1.39 bits per heavy atom. The molecule has 2 rings (SSSR count). The maximum absolute atomic E-state index is 10.8. The van der Waals surface area contributed by atoms with Gasteiger partial charge in [-0.1, -0.05) is 20.8 Å². The van der Waals surface area contributed by atoms with Gasteiger partial charge in [-0.25, -0.2) is 4.79 Å². The molecule has 4 nitrogen and oxygen atoms in total. The van der Waals surface area contributed by atoms with Crippen LogP contribution >= 0.6 is 0 Å². The van der Waals surface area contributed by atoms with E-state index >= 15 is 0 Å². The largest absolute Gasteiger partial charge is 0.475 e. The van der Waals surface area contributed by atoms with E-state index in [0.29, 0.717) is 24.5 Å². The van der Waals surface area contributed by atoms with Crippen LogP contribution in [0.3, 0.4) is 0 Å². The summed E-state index contributed by atoms with van der Waals surface area (Å²) in [4.78, 5) is 10.8. The number of carboxylic acids is 1. The Labute approximate surface area is 107 Å². The van der Waals surface area contributed by atoms with E-state index in [1.807, 2.05) is 0 Å². The van der Waals surface area contributed by atoms with Crippen LogP contribution in [-0.2, 0) is 5.60 Å². The number of carboxylic acid groups (broad SMARTS) is 1. The molecule has 100 valence electrons. The topological polar surface area (TPSA) is 70.7 Å². The van der Waals surface area contributed by atoms with E-state index in [0.717, 1.165) is 6.42 Å². The van der Waals surface area contributed by atoms with Gasteiger partial charge in [-0.15, -0.1) is 0 Å². The van der Waals surface area contributed by atoms with Gasteiger partial charge in [-0.05, 0) is 42.7 Å². The van der Waals surface area contributed by atoms with Crippen LogP contribution in [0.15, 0.2) is 16.5 Å². The fourth-order valence-corrected chi connectivity index (χ4v) is 3.42. The average molecular weight is 252 g/mol. The van der Waals surface area contributed by atoms with Gasteiger partial charge in [0.2, 0.25) is 5.76 Å². The van der Waals surface area contributed by atoms with Crippen LogP contribution in [0.25, 0.3) is 0 Å². The van der Waals surface area contributed by atoms with Crippen molar-refractivity contribution in [3.05, 3.63) is 23.7 Å². The fourth-order valence-electron chi connectivity index (χ4n) is 3.42. The van der Waals surface area contributed by atoms with Crippen LogP contribution in [0.2, 0.25) is 0 Å². The van der Waals surface area contributed by atoms with Crippen LogP contribution in [0, 0.1) is 11.3 Å². The van der Waals surface area contributed by atoms with Crippen molar-refractivity contribution in [3.63, 3.8) is 0 Å². The highest BCUT2D eigenvalue weighted by Gasteiger charge is 2.44. The highest BCUT2D eigenvalue weighted by atomic mass is 16.4. The lowest BCUT2D eigenvalue weighted by molar-refractivity contribution is -0.0778. The number of carbonyl (C=O) groups is 1. The Bertz CT molecular complexity index is 460. The molecule has 1 aromatic rings. The molecule has 1 saturated carbocycles. The van der Waals surface area contributed by atoms with Crippen molar-refractivity contribution < 1.29 is 19.4 Å². The molecule has 1 fully saturated rings. The summed E-state index contributed by atoms with van der Waals surface area (Å²) < 4.78 is 5.28. The van der Waals surface area contributed by atoms with Gasteiger partial charge in [0.1, 0.15) is 11.4 Å². The second-order valence-electron chi connectivity index (χ2n) is 6.36. The first-order chi connectivity index (χ1) is 8.22. The first kappa shape index (κ1) is 13.1. The molecule has 0 bridgehead atoms.